The second kappa shape index (κ2) is 7.57. The van der Waals surface area contributed by atoms with Gasteiger partial charge in [0.2, 0.25) is 5.84 Å². The van der Waals surface area contributed by atoms with Crippen LogP contribution in [0.1, 0.15) is 12.5 Å². The number of halogens is 1. The van der Waals surface area contributed by atoms with Gasteiger partial charge in [-0.3, -0.25) is 16.1 Å². The maximum Gasteiger partial charge on any atom is 0.275 e. The van der Waals surface area contributed by atoms with Crippen LogP contribution in [0.3, 0.4) is 0 Å². The Morgan fingerprint density at radius 3 is 2.95 bits per heavy atom. The minimum atomic E-state index is -0.331. The molecule has 7 nitrogen and oxygen atoms in total. The summed E-state index contributed by atoms with van der Waals surface area (Å²) in [4.78, 5) is 12.5. The molecule has 0 unspecified atom stereocenters. The third-order valence-electron chi connectivity index (χ3n) is 2.13. The average Bonchev–Trinajstić information content (AvgIpc) is 2.36. The molecule has 0 aliphatic carbocycles. The summed E-state index contributed by atoms with van der Waals surface area (Å²) in [6.07, 6.45) is 1.64. The molecule has 0 radical (unpaired) electrons. The number of hydrogen-bond acceptors (Lipinski definition) is 5. The number of rotatable bonds is 3. The molecule has 19 heavy (non-hydrogen) atoms. The van der Waals surface area contributed by atoms with Crippen molar-refractivity contribution >= 4 is 29.2 Å². The zero-order valence-corrected chi connectivity index (χ0v) is 11.5. The van der Waals surface area contributed by atoms with Crippen molar-refractivity contribution in [3.05, 3.63) is 29.0 Å². The first-order chi connectivity index (χ1) is 9.02. The number of aromatic nitrogens is 1. The van der Waals surface area contributed by atoms with Gasteiger partial charge in [-0.2, -0.15) is 10.5 Å². The van der Waals surface area contributed by atoms with Gasteiger partial charge in [-0.05, 0) is 12.1 Å². The van der Waals surface area contributed by atoms with Crippen molar-refractivity contribution in [3.63, 3.8) is 0 Å². The highest BCUT2D eigenvalue weighted by molar-refractivity contribution is 6.37. The van der Waals surface area contributed by atoms with Gasteiger partial charge in [-0.15, -0.1) is 0 Å². The fourth-order valence-electron chi connectivity index (χ4n) is 1.26. The third kappa shape index (κ3) is 5.56. The van der Waals surface area contributed by atoms with Crippen molar-refractivity contribution in [2.45, 2.75) is 13.5 Å². The van der Waals surface area contributed by atoms with Crippen molar-refractivity contribution in [2.24, 2.45) is 4.99 Å². The quantitative estimate of drug-likeness (QED) is 0.277. The number of nitrogens with one attached hydrogen (secondary N) is 3. The van der Waals surface area contributed by atoms with Gasteiger partial charge in [0.15, 0.2) is 5.84 Å². The van der Waals surface area contributed by atoms with E-state index in [9.17, 15) is 0 Å². The van der Waals surface area contributed by atoms with Gasteiger partial charge in [0.05, 0.1) is 0 Å². The molecule has 0 aliphatic heterocycles. The zero-order valence-electron chi connectivity index (χ0n) is 10.7. The van der Waals surface area contributed by atoms with E-state index in [1.165, 1.54) is 7.05 Å². The summed E-state index contributed by atoms with van der Waals surface area (Å²) in [5.74, 6) is 0.0560. The third-order valence-corrected chi connectivity index (χ3v) is 2.34. The molecular weight excluding hydrogens is 268 g/mol. The first-order valence-corrected chi connectivity index (χ1v) is 5.90. The molecule has 0 amide bonds. The molecule has 0 saturated carbocycles. The first kappa shape index (κ1) is 15.2. The molecule has 1 rings (SSSR count). The Balaban J connectivity index is 2.53. The summed E-state index contributed by atoms with van der Waals surface area (Å²) in [6.45, 7) is 2.38. The molecule has 8 heteroatoms. The molecule has 1 aromatic heterocycles. The molecule has 0 atom stereocenters. The van der Waals surface area contributed by atoms with E-state index >= 15 is 0 Å². The van der Waals surface area contributed by atoms with Crippen molar-refractivity contribution in [1.29, 1.82) is 10.8 Å². The highest BCUT2D eigenvalue weighted by Gasteiger charge is 2.07. The minimum absolute atomic E-state index is 0.240. The van der Waals surface area contributed by atoms with Crippen LogP contribution in [0.4, 0.5) is 0 Å². The molecule has 0 spiro atoms. The molecule has 1 heterocycles. The van der Waals surface area contributed by atoms with Crippen LogP contribution in [-0.2, 0) is 11.4 Å². The number of hydroxylamine groups is 1. The predicted octanol–water partition coefficient (Wildman–Crippen LogP) is 0.322. The lowest BCUT2D eigenvalue weighted by molar-refractivity contribution is -0.558. The Labute approximate surface area is 116 Å². The first-order valence-electron chi connectivity index (χ1n) is 5.53. The van der Waals surface area contributed by atoms with Gasteiger partial charge in [0.1, 0.15) is 11.7 Å². The molecule has 0 saturated heterocycles. The summed E-state index contributed by atoms with van der Waals surface area (Å²) in [5.41, 5.74) is 3.32. The average molecular weight is 284 g/mol. The normalized spacial score (nSPS) is 11.2. The van der Waals surface area contributed by atoms with E-state index in [0.29, 0.717) is 17.5 Å². The van der Waals surface area contributed by atoms with Crippen molar-refractivity contribution in [3.8, 4) is 0 Å². The van der Waals surface area contributed by atoms with Crippen molar-refractivity contribution < 1.29 is 10.2 Å². The number of nitrogens with zero attached hydrogens (tertiary/aromatic N) is 2. The van der Waals surface area contributed by atoms with Crippen LogP contribution >= 0.6 is 11.6 Å². The van der Waals surface area contributed by atoms with Gasteiger partial charge in [-0.1, -0.05) is 11.6 Å². The lowest BCUT2D eigenvalue weighted by Crippen LogP contribution is -2.85. The number of pyridine rings is 1. The molecule has 5 N–H and O–H groups in total. The highest BCUT2D eigenvalue weighted by atomic mass is 35.5. The van der Waals surface area contributed by atoms with E-state index in [1.54, 1.807) is 19.2 Å². The predicted molar refractivity (Wildman–Crippen MR) is 73.6 cm³/mol. The fraction of sp³-hybridized carbons (Fsp3) is 0.273. The summed E-state index contributed by atoms with van der Waals surface area (Å²) in [7, 11) is 1.51. The Bertz CT molecular complexity index is 502. The number of nitrogens with two attached hydrogens (primary N) is 1. The minimum Gasteiger partial charge on any atom is -0.385 e. The van der Waals surface area contributed by atoms with Crippen LogP contribution in [0.15, 0.2) is 23.3 Å². The van der Waals surface area contributed by atoms with Gasteiger partial charge in [0, 0.05) is 25.7 Å². The fourth-order valence-corrected chi connectivity index (χ4v) is 1.45. The Kier molecular flexibility index (Phi) is 6.07. The van der Waals surface area contributed by atoms with Crippen LogP contribution in [0.25, 0.3) is 0 Å². The molecule has 1 aromatic rings. The number of aliphatic imine (C=N–C) groups is 1. The Morgan fingerprint density at radius 2 is 2.32 bits per heavy atom. The van der Waals surface area contributed by atoms with Crippen LogP contribution in [0.2, 0.25) is 5.15 Å². The standard InChI is InChI=1S/C11H15ClN6O/c1-7(18-10(13)11(14)19-15-2)17-6-8-3-4-16-9(12)5-8/h3-5,14-15H,6H2,1-2H3,(H2,13,17,18)/p+1. The second-order valence-corrected chi connectivity index (χ2v) is 4.02. The van der Waals surface area contributed by atoms with Crippen molar-refractivity contribution in [2.75, 3.05) is 7.05 Å². The highest BCUT2D eigenvalue weighted by Crippen LogP contribution is 2.05. The smallest absolute Gasteiger partial charge is 0.275 e. The van der Waals surface area contributed by atoms with Gasteiger partial charge >= 0.3 is 0 Å². The van der Waals surface area contributed by atoms with Crippen LogP contribution in [-0.4, -0.2) is 29.6 Å². The van der Waals surface area contributed by atoms with Gasteiger partial charge < -0.3 is 4.84 Å². The Hall–Kier alpha value is -1.83. The van der Waals surface area contributed by atoms with Crippen LogP contribution in [0, 0.1) is 10.8 Å². The summed E-state index contributed by atoms with van der Waals surface area (Å²) in [6, 6.07) is 3.62. The topological polar surface area (TPSA) is 111 Å². The molecule has 0 aliphatic rings. The van der Waals surface area contributed by atoms with E-state index in [2.05, 4.69) is 20.3 Å². The maximum atomic E-state index is 7.52. The van der Waals surface area contributed by atoms with E-state index in [4.69, 9.17) is 22.4 Å². The molecular formula is C11H16ClN6O+. The van der Waals surface area contributed by atoms with E-state index in [0.717, 1.165) is 5.56 Å². The van der Waals surface area contributed by atoms with Crippen LogP contribution in [0.5, 0.6) is 0 Å². The summed E-state index contributed by atoms with van der Waals surface area (Å²) < 4.78 is 0. The van der Waals surface area contributed by atoms with Gasteiger partial charge in [0.25, 0.3) is 5.90 Å². The maximum absolute atomic E-state index is 7.52. The summed E-state index contributed by atoms with van der Waals surface area (Å²) in [5, 5.41) is 17.2. The van der Waals surface area contributed by atoms with Crippen molar-refractivity contribution in [1.82, 2.24) is 10.5 Å². The molecule has 0 aromatic carbocycles. The van der Waals surface area contributed by atoms with Crippen LogP contribution < -0.4 is 10.8 Å². The second-order valence-electron chi connectivity index (χ2n) is 3.63. The number of amidine groups is 2. The lowest BCUT2D eigenvalue weighted by atomic mass is 10.3. The van der Waals surface area contributed by atoms with E-state index < -0.39 is 0 Å². The Morgan fingerprint density at radius 1 is 1.58 bits per heavy atom. The zero-order chi connectivity index (χ0) is 14.3. The lowest BCUT2D eigenvalue weighted by Gasteiger charge is -2.03. The largest absolute Gasteiger partial charge is 0.385 e. The number of quaternary nitrogens is 1. The molecule has 0 bridgehead atoms. The molecule has 0 fully saturated rings. The molecule has 102 valence electrons. The monoisotopic (exact) mass is 283 g/mol. The SMILES string of the molecule is CNOC(=N)C(=N)N=C(C)[NH2+]Cc1ccnc(Cl)c1. The summed E-state index contributed by atoms with van der Waals surface area (Å²) >= 11 is 5.78. The van der Waals surface area contributed by atoms with E-state index in [1.807, 2.05) is 11.4 Å². The number of hydrogen-bond donors (Lipinski definition) is 4. The van der Waals surface area contributed by atoms with Gasteiger partial charge in [-0.25, -0.2) is 4.98 Å². The van der Waals surface area contributed by atoms with E-state index in [-0.39, 0.29) is 11.7 Å².